The molecule has 4 aliphatic rings. The molecule has 64 heavy (non-hydrogen) atoms. The minimum Gasteiger partial charge on any atom is -0.381 e. The number of aldehydes is 1. The van der Waals surface area contributed by atoms with Crippen molar-refractivity contribution in [1.82, 2.24) is 39.5 Å². The molecular formula is C48H53N9O7. The number of hydrogen-bond acceptors (Lipinski definition) is 11. The summed E-state index contributed by atoms with van der Waals surface area (Å²) in [4.78, 5) is 93.7. The first-order valence-electron chi connectivity index (χ1n) is 22.0. The zero-order valence-corrected chi connectivity index (χ0v) is 36.5. The van der Waals surface area contributed by atoms with Crippen molar-refractivity contribution in [2.45, 2.75) is 71.0 Å². The van der Waals surface area contributed by atoms with Gasteiger partial charge in [-0.05, 0) is 68.3 Å². The fourth-order valence-electron chi connectivity index (χ4n) is 9.19. The number of benzene rings is 2. The highest BCUT2D eigenvalue weighted by molar-refractivity contribution is 6.25. The third-order valence-electron chi connectivity index (χ3n) is 12.7. The molecule has 1 atom stereocenters. The molecule has 0 saturated carbocycles. The number of nitrogens with zero attached hydrogens (tertiary/aromatic N) is 8. The summed E-state index contributed by atoms with van der Waals surface area (Å²) in [6.07, 6.45) is 8.14. The molecule has 0 aliphatic carbocycles. The molecule has 5 aromatic rings. The van der Waals surface area contributed by atoms with E-state index < -0.39 is 23.8 Å². The number of rotatable bonds is 10. The van der Waals surface area contributed by atoms with Crippen LogP contribution in [0.3, 0.4) is 0 Å². The molecule has 16 nitrogen and oxygen atoms in total. The third kappa shape index (κ3) is 8.74. The number of carbonyl (C=O) groups excluding carboxylic acids is 6. The molecule has 0 spiro atoms. The van der Waals surface area contributed by atoms with Crippen LogP contribution >= 0.6 is 0 Å². The van der Waals surface area contributed by atoms with Gasteiger partial charge >= 0.3 is 0 Å². The summed E-state index contributed by atoms with van der Waals surface area (Å²) in [5.74, 6) is 0.0706. The molecule has 2 aromatic carbocycles. The largest absolute Gasteiger partial charge is 0.381 e. The van der Waals surface area contributed by atoms with Crippen LogP contribution in [0.25, 0.3) is 33.3 Å². The zero-order chi connectivity index (χ0) is 44.9. The molecule has 7 heterocycles. The minimum absolute atomic E-state index is 0.0615. The summed E-state index contributed by atoms with van der Waals surface area (Å²) >= 11 is 0. The fourth-order valence-corrected chi connectivity index (χ4v) is 9.19. The molecule has 2 fully saturated rings. The highest BCUT2D eigenvalue weighted by Gasteiger charge is 2.44. The second-order valence-electron chi connectivity index (χ2n) is 16.6. The topological polar surface area (TPSA) is 180 Å². The van der Waals surface area contributed by atoms with E-state index in [1.165, 1.54) is 7.05 Å². The molecule has 16 heteroatoms. The smallest absolute Gasteiger partial charge is 0.264 e. The van der Waals surface area contributed by atoms with Gasteiger partial charge in [-0.2, -0.15) is 0 Å². The first kappa shape index (κ1) is 43.8. The van der Waals surface area contributed by atoms with Crippen LogP contribution in [-0.2, 0) is 37.0 Å². The van der Waals surface area contributed by atoms with Crippen molar-refractivity contribution in [2.24, 2.45) is 0 Å². The van der Waals surface area contributed by atoms with Crippen LogP contribution in [-0.4, -0.2) is 130 Å². The Kier molecular flexibility index (Phi) is 13.2. The molecule has 332 valence electrons. The lowest BCUT2D eigenvalue weighted by atomic mass is 9.99. The number of amides is 5. The third-order valence-corrected chi connectivity index (χ3v) is 12.7. The average molecular weight is 868 g/mol. The van der Waals surface area contributed by atoms with Gasteiger partial charge in [0.15, 0.2) is 0 Å². The Morgan fingerprint density at radius 1 is 0.906 bits per heavy atom. The van der Waals surface area contributed by atoms with Crippen LogP contribution in [0.4, 0.5) is 5.69 Å². The number of ether oxygens (including phenoxy) is 1. The van der Waals surface area contributed by atoms with Gasteiger partial charge in [0.25, 0.3) is 11.8 Å². The van der Waals surface area contributed by atoms with Gasteiger partial charge in [-0.25, -0.2) is 4.98 Å². The standard InChI is InChI=1S/C28H29N5O2.C20H24N4O5/c1-18-6-7-22(15-29-18)25-14-21-4-3-5-23(24(21)16-30-25)27-26-17-32(19(2)34)10-11-33(26)28(31-27)20-8-12-35-13-9-20;1-21-18(27)16(7-3-12-25)24-19(28)14-5-2-6-15(17(14)20(24)29)23-9-4-8-22(13-26)10-11-23/h3-7,14-16,20H,8-13,17H2,1-2H3;2,5-6,12-13,16H,3-4,7-11H2,1H3,(H,21,27). The van der Waals surface area contributed by atoms with Crippen molar-refractivity contribution in [3.63, 3.8) is 0 Å². The summed E-state index contributed by atoms with van der Waals surface area (Å²) < 4.78 is 7.98. The van der Waals surface area contributed by atoms with Gasteiger partial charge in [0, 0.05) is 113 Å². The Labute approximate surface area is 371 Å². The highest BCUT2D eigenvalue weighted by Crippen LogP contribution is 2.38. The number of aryl methyl sites for hydroxylation is 1. The predicted octanol–water partition coefficient (Wildman–Crippen LogP) is 4.77. The molecule has 4 aliphatic heterocycles. The Morgan fingerprint density at radius 2 is 1.70 bits per heavy atom. The number of pyridine rings is 2. The summed E-state index contributed by atoms with van der Waals surface area (Å²) in [6, 6.07) is 16.5. The van der Waals surface area contributed by atoms with E-state index in [0.29, 0.717) is 50.6 Å². The van der Waals surface area contributed by atoms with E-state index in [1.54, 1.807) is 30.0 Å². The molecular weight excluding hydrogens is 815 g/mol. The van der Waals surface area contributed by atoms with Crippen molar-refractivity contribution >= 4 is 52.8 Å². The highest BCUT2D eigenvalue weighted by atomic mass is 16.5. The molecule has 1 unspecified atom stereocenters. The van der Waals surface area contributed by atoms with Crippen molar-refractivity contribution in [3.8, 4) is 22.5 Å². The number of nitrogens with one attached hydrogen (secondary N) is 1. The minimum atomic E-state index is -1.04. The number of anilines is 1. The monoisotopic (exact) mass is 867 g/mol. The summed E-state index contributed by atoms with van der Waals surface area (Å²) in [7, 11) is 1.43. The van der Waals surface area contributed by atoms with Gasteiger partial charge < -0.3 is 34.1 Å². The van der Waals surface area contributed by atoms with Gasteiger partial charge in [0.05, 0.1) is 40.4 Å². The van der Waals surface area contributed by atoms with E-state index in [9.17, 15) is 28.8 Å². The average Bonchev–Trinajstić information content (AvgIpc) is 3.70. The predicted molar refractivity (Wildman–Crippen MR) is 239 cm³/mol. The van der Waals surface area contributed by atoms with Gasteiger partial charge in [-0.1, -0.05) is 24.3 Å². The molecule has 1 N–H and O–H groups in total. The quantitative estimate of drug-likeness (QED) is 0.151. The maximum absolute atomic E-state index is 13.2. The first-order chi connectivity index (χ1) is 31.1. The lowest BCUT2D eigenvalue weighted by molar-refractivity contribution is -0.130. The van der Waals surface area contributed by atoms with E-state index in [1.807, 2.05) is 35.2 Å². The normalized spacial score (nSPS) is 17.0. The SMILES string of the molecule is CC(=O)N1CCn2c(C3CCOCC3)nc(-c3cccc4cc(-c5ccc(C)nc5)ncc34)c2C1.CNC(=O)C(CCC=O)N1C(=O)c2cccc(N3CCCN(C=O)CC3)c2C1=O. The zero-order valence-electron chi connectivity index (χ0n) is 36.5. The summed E-state index contributed by atoms with van der Waals surface area (Å²) in [6.45, 7) is 9.61. The Morgan fingerprint density at radius 3 is 2.44 bits per heavy atom. The molecule has 9 rings (SSSR count). The maximum atomic E-state index is 13.2. The van der Waals surface area contributed by atoms with Crippen LogP contribution in [0, 0.1) is 6.92 Å². The molecule has 2 saturated heterocycles. The van der Waals surface area contributed by atoms with Gasteiger partial charge in [-0.15, -0.1) is 0 Å². The van der Waals surface area contributed by atoms with Gasteiger partial charge in [0.2, 0.25) is 18.2 Å². The second kappa shape index (κ2) is 19.3. The number of carbonyl (C=O) groups is 6. The molecule has 3 aromatic heterocycles. The van der Waals surface area contributed by atoms with E-state index in [-0.39, 0.29) is 29.9 Å². The number of fused-ring (bicyclic) bond motifs is 3. The van der Waals surface area contributed by atoms with Crippen molar-refractivity contribution in [2.75, 3.05) is 57.9 Å². The Balaban J connectivity index is 0.000000179. The van der Waals surface area contributed by atoms with E-state index in [4.69, 9.17) is 14.7 Å². The number of aromatic nitrogens is 4. The van der Waals surface area contributed by atoms with Crippen LogP contribution in [0.5, 0.6) is 0 Å². The van der Waals surface area contributed by atoms with E-state index in [0.717, 1.165) is 107 Å². The van der Waals surface area contributed by atoms with Crippen LogP contribution in [0.1, 0.15) is 82.9 Å². The van der Waals surface area contributed by atoms with Crippen molar-refractivity contribution in [3.05, 3.63) is 95.3 Å². The number of imidazole rings is 1. The van der Waals surface area contributed by atoms with Crippen LogP contribution in [0.15, 0.2) is 67.0 Å². The van der Waals surface area contributed by atoms with Crippen molar-refractivity contribution < 1.29 is 33.5 Å². The summed E-state index contributed by atoms with van der Waals surface area (Å²) in [5.41, 5.74) is 7.20. The van der Waals surface area contributed by atoms with E-state index >= 15 is 0 Å². The lowest BCUT2D eigenvalue weighted by Gasteiger charge is -2.30. The van der Waals surface area contributed by atoms with Crippen LogP contribution in [0.2, 0.25) is 0 Å². The molecule has 0 bridgehead atoms. The van der Waals surface area contributed by atoms with E-state index in [2.05, 4.69) is 45.2 Å². The second-order valence-corrected chi connectivity index (χ2v) is 16.6. The number of hydrogen-bond donors (Lipinski definition) is 1. The Hall–Kier alpha value is -6.81. The fraction of sp³-hybridized carbons (Fsp3) is 0.396. The maximum Gasteiger partial charge on any atom is 0.264 e. The van der Waals surface area contributed by atoms with Gasteiger partial charge in [0.1, 0.15) is 18.2 Å². The van der Waals surface area contributed by atoms with Crippen LogP contribution < -0.4 is 10.2 Å². The van der Waals surface area contributed by atoms with Crippen molar-refractivity contribution in [1.29, 1.82) is 0 Å². The lowest BCUT2D eigenvalue weighted by Crippen LogP contribution is -2.48. The number of imide groups is 1. The van der Waals surface area contributed by atoms with Gasteiger partial charge in [-0.3, -0.25) is 38.8 Å². The summed E-state index contributed by atoms with van der Waals surface area (Å²) in [5, 5.41) is 4.64. The Bertz CT molecular complexity index is 2590. The molecule has 5 amide bonds. The number of likely N-dealkylation sites (N-methyl/N-ethyl adjacent to an activating group) is 1. The first-order valence-corrected chi connectivity index (χ1v) is 22.0. The molecule has 0 radical (unpaired) electrons.